The van der Waals surface area contributed by atoms with Crippen molar-refractivity contribution in [1.29, 1.82) is 0 Å². The second-order valence-electron chi connectivity index (χ2n) is 10.8. The Morgan fingerprint density at radius 1 is 1.05 bits per heavy atom. The van der Waals surface area contributed by atoms with Gasteiger partial charge in [-0.1, -0.05) is 23.7 Å². The van der Waals surface area contributed by atoms with E-state index < -0.39 is 5.92 Å². The standard InChI is InChI=1S/C29H29ClF2N6O2/c1-18-23(12-20(30)13-33-18)27(39)35-21-8-6-19(7-9-21)15-37-24-4-2-3-5-25(24)38(28(37)40)22-10-11-26(34-14-22)36-16-29(31,32)17-36/h2-5,10-14,19,21H,6-9,15-17H2,1H3,(H,35,39). The zero-order valence-corrected chi connectivity index (χ0v) is 22.7. The number of halogens is 3. The van der Waals surface area contributed by atoms with E-state index in [0.717, 1.165) is 36.7 Å². The number of carbonyl (C=O) groups excluding carboxylic acids is 1. The largest absolute Gasteiger partial charge is 0.349 e. The molecule has 208 valence electrons. The number of rotatable bonds is 6. The van der Waals surface area contributed by atoms with Gasteiger partial charge in [0.1, 0.15) is 5.82 Å². The van der Waals surface area contributed by atoms with Gasteiger partial charge in [-0.3, -0.25) is 18.9 Å². The number of fused-ring (bicyclic) bond motifs is 1. The van der Waals surface area contributed by atoms with Gasteiger partial charge in [0.15, 0.2) is 0 Å². The molecule has 1 saturated heterocycles. The molecule has 6 rings (SSSR count). The minimum absolute atomic E-state index is 0.0520. The van der Waals surface area contributed by atoms with Crippen LogP contribution < -0.4 is 15.9 Å². The van der Waals surface area contributed by atoms with Gasteiger partial charge in [0.25, 0.3) is 11.8 Å². The van der Waals surface area contributed by atoms with E-state index in [0.29, 0.717) is 34.3 Å². The van der Waals surface area contributed by atoms with Crippen molar-refractivity contribution in [3.63, 3.8) is 0 Å². The molecule has 0 spiro atoms. The van der Waals surface area contributed by atoms with E-state index in [2.05, 4.69) is 15.3 Å². The smallest absolute Gasteiger partial charge is 0.333 e. The summed E-state index contributed by atoms with van der Waals surface area (Å²) in [7, 11) is 0. The normalized spacial score (nSPS) is 20.4. The Bertz CT molecular complexity index is 1620. The first kappa shape index (κ1) is 26.4. The summed E-state index contributed by atoms with van der Waals surface area (Å²) in [4.78, 5) is 36.5. The van der Waals surface area contributed by atoms with Gasteiger partial charge in [0.2, 0.25) is 0 Å². The Hall–Kier alpha value is -3.79. The third kappa shape index (κ3) is 5.08. The number of para-hydroxylation sites is 2. The van der Waals surface area contributed by atoms with E-state index in [9.17, 15) is 18.4 Å². The quantitative estimate of drug-likeness (QED) is 0.355. The summed E-state index contributed by atoms with van der Waals surface area (Å²) in [5, 5.41) is 3.54. The minimum Gasteiger partial charge on any atom is -0.349 e. The Morgan fingerprint density at radius 2 is 1.77 bits per heavy atom. The number of nitrogens with one attached hydrogen (secondary N) is 1. The maximum absolute atomic E-state index is 13.7. The fourth-order valence-corrected chi connectivity index (χ4v) is 5.91. The van der Waals surface area contributed by atoms with Crippen LogP contribution in [0.5, 0.6) is 0 Å². The third-order valence-electron chi connectivity index (χ3n) is 7.92. The number of benzene rings is 1. The van der Waals surface area contributed by atoms with Crippen molar-refractivity contribution in [3.8, 4) is 5.69 Å². The molecule has 1 amide bonds. The van der Waals surface area contributed by atoms with Crippen LogP contribution in [-0.4, -0.2) is 50.1 Å². The van der Waals surface area contributed by atoms with Crippen molar-refractivity contribution in [2.24, 2.45) is 5.92 Å². The van der Waals surface area contributed by atoms with Crippen molar-refractivity contribution in [2.45, 2.75) is 51.1 Å². The predicted molar refractivity (Wildman–Crippen MR) is 150 cm³/mol. The molecule has 4 heterocycles. The van der Waals surface area contributed by atoms with Crippen molar-refractivity contribution < 1.29 is 13.6 Å². The maximum atomic E-state index is 13.7. The highest BCUT2D eigenvalue weighted by Crippen LogP contribution is 2.31. The number of pyridine rings is 2. The molecule has 0 unspecified atom stereocenters. The number of alkyl halides is 2. The molecule has 1 N–H and O–H groups in total. The number of carbonyl (C=O) groups is 1. The topological polar surface area (TPSA) is 85.0 Å². The first-order valence-corrected chi connectivity index (χ1v) is 13.8. The molecule has 3 aromatic heterocycles. The van der Waals surface area contributed by atoms with Gasteiger partial charge in [0.05, 0.1) is 52.3 Å². The van der Waals surface area contributed by atoms with Gasteiger partial charge in [-0.15, -0.1) is 0 Å². The van der Waals surface area contributed by atoms with Crippen LogP contribution in [0.2, 0.25) is 5.02 Å². The molecule has 0 bridgehead atoms. The molecule has 1 aliphatic carbocycles. The molecular weight excluding hydrogens is 538 g/mol. The Labute approximate surface area is 234 Å². The highest BCUT2D eigenvalue weighted by Gasteiger charge is 2.44. The molecular formula is C29H29ClF2N6O2. The van der Waals surface area contributed by atoms with E-state index in [4.69, 9.17) is 11.6 Å². The molecule has 8 nitrogen and oxygen atoms in total. The SMILES string of the molecule is Cc1ncc(Cl)cc1C(=O)NC1CCC(Cn2c(=O)n(-c3ccc(N4CC(F)(F)C4)nc3)c3ccccc32)CC1. The number of amides is 1. The number of aryl methyl sites for hydroxylation is 1. The fraction of sp³-hybridized carbons (Fsp3) is 0.379. The molecule has 40 heavy (non-hydrogen) atoms. The van der Waals surface area contributed by atoms with Crippen LogP contribution in [0.15, 0.2) is 59.7 Å². The molecule has 2 fully saturated rings. The molecule has 1 saturated carbocycles. The highest BCUT2D eigenvalue weighted by molar-refractivity contribution is 6.30. The molecule has 11 heteroatoms. The molecule has 1 aromatic carbocycles. The summed E-state index contributed by atoms with van der Waals surface area (Å²) >= 11 is 6.03. The first-order valence-electron chi connectivity index (χ1n) is 13.4. The maximum Gasteiger partial charge on any atom is 0.333 e. The zero-order chi connectivity index (χ0) is 28.0. The van der Waals surface area contributed by atoms with Crippen molar-refractivity contribution >= 4 is 34.4 Å². The van der Waals surface area contributed by atoms with Crippen molar-refractivity contribution in [3.05, 3.63) is 81.6 Å². The number of hydrogen-bond acceptors (Lipinski definition) is 5. The van der Waals surface area contributed by atoms with Gasteiger partial charge in [-0.05, 0) is 68.9 Å². The van der Waals surface area contributed by atoms with Crippen LogP contribution in [0, 0.1) is 12.8 Å². The first-order chi connectivity index (χ1) is 19.2. The van der Waals surface area contributed by atoms with Gasteiger partial charge in [0, 0.05) is 18.8 Å². The van der Waals surface area contributed by atoms with Crippen LogP contribution in [0.3, 0.4) is 0 Å². The van der Waals surface area contributed by atoms with E-state index in [1.165, 1.54) is 11.1 Å². The van der Waals surface area contributed by atoms with Crippen LogP contribution >= 0.6 is 11.6 Å². The number of anilines is 1. The Balaban J connectivity index is 1.16. The van der Waals surface area contributed by atoms with Crippen molar-refractivity contribution in [2.75, 3.05) is 18.0 Å². The Kier molecular flexibility index (Phi) is 6.82. The average Bonchev–Trinajstić information content (AvgIpc) is 3.20. The summed E-state index contributed by atoms with van der Waals surface area (Å²) in [5.41, 5.74) is 3.15. The molecule has 0 radical (unpaired) electrons. The number of aromatic nitrogens is 4. The number of hydrogen-bond donors (Lipinski definition) is 1. The highest BCUT2D eigenvalue weighted by atomic mass is 35.5. The monoisotopic (exact) mass is 566 g/mol. The van der Waals surface area contributed by atoms with Crippen LogP contribution in [0.25, 0.3) is 16.7 Å². The van der Waals surface area contributed by atoms with E-state index in [-0.39, 0.29) is 36.6 Å². The molecule has 4 aromatic rings. The summed E-state index contributed by atoms with van der Waals surface area (Å²) in [5.74, 6) is -2.09. The van der Waals surface area contributed by atoms with E-state index in [1.807, 2.05) is 28.8 Å². The Morgan fingerprint density at radius 3 is 2.45 bits per heavy atom. The molecule has 0 atom stereocenters. The van der Waals surface area contributed by atoms with Gasteiger partial charge in [-0.25, -0.2) is 18.6 Å². The summed E-state index contributed by atoms with van der Waals surface area (Å²) < 4.78 is 30.0. The second kappa shape index (κ2) is 10.3. The third-order valence-corrected chi connectivity index (χ3v) is 8.12. The van der Waals surface area contributed by atoms with Crippen LogP contribution in [-0.2, 0) is 6.54 Å². The lowest BCUT2D eigenvalue weighted by atomic mass is 9.85. The number of nitrogens with zero attached hydrogens (tertiary/aromatic N) is 5. The minimum atomic E-state index is -2.68. The predicted octanol–water partition coefficient (Wildman–Crippen LogP) is 4.99. The van der Waals surface area contributed by atoms with Crippen LogP contribution in [0.4, 0.5) is 14.6 Å². The molecule has 2 aliphatic rings. The fourth-order valence-electron chi connectivity index (χ4n) is 5.75. The van der Waals surface area contributed by atoms with Crippen LogP contribution in [0.1, 0.15) is 41.7 Å². The van der Waals surface area contributed by atoms with E-state index in [1.54, 1.807) is 35.9 Å². The second-order valence-corrected chi connectivity index (χ2v) is 11.2. The van der Waals surface area contributed by atoms with Crippen molar-refractivity contribution in [1.82, 2.24) is 24.4 Å². The lowest BCUT2D eigenvalue weighted by Crippen LogP contribution is -2.56. The zero-order valence-electron chi connectivity index (χ0n) is 22.0. The lowest BCUT2D eigenvalue weighted by Gasteiger charge is -2.39. The van der Waals surface area contributed by atoms with Gasteiger partial charge >= 0.3 is 5.69 Å². The summed E-state index contributed by atoms with van der Waals surface area (Å²) in [6.45, 7) is 1.66. The van der Waals surface area contributed by atoms with Gasteiger partial charge < -0.3 is 10.2 Å². The number of imidazole rings is 1. The average molecular weight is 567 g/mol. The molecule has 1 aliphatic heterocycles. The van der Waals surface area contributed by atoms with Gasteiger partial charge in [-0.2, -0.15) is 0 Å². The lowest BCUT2D eigenvalue weighted by molar-refractivity contribution is -0.0267. The summed E-state index contributed by atoms with van der Waals surface area (Å²) in [6.07, 6.45) is 6.48. The summed E-state index contributed by atoms with van der Waals surface area (Å²) in [6, 6.07) is 12.8. The van der Waals surface area contributed by atoms with E-state index >= 15 is 0 Å².